The summed E-state index contributed by atoms with van der Waals surface area (Å²) >= 11 is 9.35. The molecule has 0 aliphatic carbocycles. The molecule has 0 amide bonds. The van der Waals surface area contributed by atoms with Crippen molar-refractivity contribution in [3.63, 3.8) is 0 Å². The predicted molar refractivity (Wildman–Crippen MR) is 79.6 cm³/mol. The molecule has 0 atom stereocenters. The molecule has 3 nitrogen and oxygen atoms in total. The minimum Gasteiger partial charge on any atom is -0.323 e. The van der Waals surface area contributed by atoms with E-state index in [9.17, 15) is 4.39 Å². The fourth-order valence-corrected chi connectivity index (χ4v) is 2.73. The van der Waals surface area contributed by atoms with E-state index >= 15 is 0 Å². The minimum atomic E-state index is -0.379. The van der Waals surface area contributed by atoms with Crippen LogP contribution in [0.25, 0.3) is 0 Å². The van der Waals surface area contributed by atoms with Gasteiger partial charge in [-0.3, -0.25) is 0 Å². The molecule has 0 bridgehead atoms. The second kappa shape index (κ2) is 5.92. The van der Waals surface area contributed by atoms with E-state index in [0.717, 1.165) is 18.7 Å². The van der Waals surface area contributed by atoms with Crippen LogP contribution in [0.3, 0.4) is 0 Å². The number of aromatic nitrogens is 2. The molecule has 0 saturated heterocycles. The van der Waals surface area contributed by atoms with E-state index in [2.05, 4.69) is 33.2 Å². The number of anilines is 2. The summed E-state index contributed by atoms with van der Waals surface area (Å²) in [7, 11) is 0. The third-order valence-electron chi connectivity index (χ3n) is 2.61. The average Bonchev–Trinajstić information content (AvgIpc) is 2.64. The molecule has 0 saturated carbocycles. The molecule has 2 aromatic rings. The van der Waals surface area contributed by atoms with Crippen LogP contribution in [0.4, 0.5) is 16.0 Å². The van der Waals surface area contributed by atoms with Crippen LogP contribution in [0.1, 0.15) is 19.0 Å². The van der Waals surface area contributed by atoms with Gasteiger partial charge in [0.05, 0.1) is 16.4 Å². The van der Waals surface area contributed by atoms with Crippen molar-refractivity contribution in [2.75, 3.05) is 5.32 Å². The normalized spacial score (nSPS) is 10.8. The summed E-state index contributed by atoms with van der Waals surface area (Å²) in [5.41, 5.74) is 1.54. The van der Waals surface area contributed by atoms with Gasteiger partial charge in [-0.25, -0.2) is 9.37 Å². The summed E-state index contributed by atoms with van der Waals surface area (Å²) in [4.78, 5) is 4.41. The Balaban J connectivity index is 2.36. The van der Waals surface area contributed by atoms with E-state index < -0.39 is 0 Å². The topological polar surface area (TPSA) is 29.9 Å². The Morgan fingerprint density at radius 3 is 2.84 bits per heavy atom. The highest BCUT2D eigenvalue weighted by atomic mass is 79.9. The van der Waals surface area contributed by atoms with Crippen LogP contribution < -0.4 is 5.32 Å². The Labute approximate surface area is 124 Å². The molecule has 6 heteroatoms. The smallest absolute Gasteiger partial charge is 0.207 e. The maximum atomic E-state index is 13.2. The van der Waals surface area contributed by atoms with Gasteiger partial charge in [-0.05, 0) is 41.4 Å². The largest absolute Gasteiger partial charge is 0.323 e. The van der Waals surface area contributed by atoms with E-state index in [-0.39, 0.29) is 5.82 Å². The molecule has 1 aromatic carbocycles. The molecular formula is C13H14BrClFN3. The Bertz CT molecular complexity index is 575. The molecule has 1 aromatic heterocycles. The lowest BCUT2D eigenvalue weighted by Crippen LogP contribution is -2.03. The second-order valence-electron chi connectivity index (χ2n) is 4.27. The average molecular weight is 347 g/mol. The number of rotatable bonds is 4. The zero-order chi connectivity index (χ0) is 14.0. The van der Waals surface area contributed by atoms with Crippen molar-refractivity contribution in [3.05, 3.63) is 39.3 Å². The van der Waals surface area contributed by atoms with Gasteiger partial charge in [0.2, 0.25) is 5.95 Å². The molecule has 2 rings (SSSR count). The highest BCUT2D eigenvalue weighted by molar-refractivity contribution is 9.10. The molecule has 1 N–H and O–H groups in total. The van der Waals surface area contributed by atoms with Gasteiger partial charge in [0.15, 0.2) is 0 Å². The van der Waals surface area contributed by atoms with Crippen LogP contribution in [-0.4, -0.2) is 9.55 Å². The zero-order valence-corrected chi connectivity index (χ0v) is 13.0. The quantitative estimate of drug-likeness (QED) is 0.853. The van der Waals surface area contributed by atoms with Crippen molar-refractivity contribution in [1.82, 2.24) is 9.55 Å². The fourth-order valence-electron chi connectivity index (χ4n) is 1.83. The van der Waals surface area contributed by atoms with Crippen molar-refractivity contribution in [1.29, 1.82) is 0 Å². The lowest BCUT2D eigenvalue weighted by atomic mass is 10.3. The van der Waals surface area contributed by atoms with E-state index in [1.54, 1.807) is 0 Å². The predicted octanol–water partition coefficient (Wildman–Crippen LogP) is 4.90. The Kier molecular flexibility index (Phi) is 4.47. The van der Waals surface area contributed by atoms with E-state index in [4.69, 9.17) is 11.6 Å². The third kappa shape index (κ3) is 3.28. The van der Waals surface area contributed by atoms with Crippen LogP contribution in [0.15, 0.2) is 22.8 Å². The first-order valence-corrected chi connectivity index (χ1v) is 7.13. The van der Waals surface area contributed by atoms with Gasteiger partial charge in [-0.15, -0.1) is 0 Å². The van der Waals surface area contributed by atoms with Crippen LogP contribution in [-0.2, 0) is 6.54 Å². The Morgan fingerprint density at radius 2 is 2.21 bits per heavy atom. The summed E-state index contributed by atoms with van der Waals surface area (Å²) in [6.07, 6.45) is 2.97. The van der Waals surface area contributed by atoms with E-state index in [1.807, 2.05) is 17.7 Å². The van der Waals surface area contributed by atoms with Gasteiger partial charge in [-0.2, -0.15) is 0 Å². The standard InChI is InChI=1S/C13H14BrClFN3/c1-3-4-19-7-8(2)17-13(19)18-12-10(14)5-9(16)6-11(12)15/h5-7H,3-4H2,1-2H3,(H,17,18). The summed E-state index contributed by atoms with van der Waals surface area (Å²) in [6, 6.07) is 2.64. The first kappa shape index (κ1) is 14.3. The van der Waals surface area contributed by atoms with Gasteiger partial charge in [0.25, 0.3) is 0 Å². The number of nitrogens with one attached hydrogen (secondary N) is 1. The summed E-state index contributed by atoms with van der Waals surface area (Å²) < 4.78 is 15.8. The number of aryl methyl sites for hydroxylation is 2. The maximum Gasteiger partial charge on any atom is 0.207 e. The van der Waals surface area contributed by atoms with Crippen molar-refractivity contribution in [3.8, 4) is 0 Å². The number of halogens is 3. The molecule has 0 aliphatic rings. The summed E-state index contributed by atoms with van der Waals surface area (Å²) in [5, 5.41) is 3.46. The molecule has 0 radical (unpaired) electrons. The van der Waals surface area contributed by atoms with Crippen molar-refractivity contribution >= 4 is 39.2 Å². The van der Waals surface area contributed by atoms with Crippen molar-refractivity contribution in [2.24, 2.45) is 0 Å². The number of nitrogens with zero attached hydrogens (tertiary/aromatic N) is 2. The number of hydrogen-bond acceptors (Lipinski definition) is 2. The van der Waals surface area contributed by atoms with Gasteiger partial charge >= 0.3 is 0 Å². The molecule has 0 unspecified atom stereocenters. The first-order valence-electron chi connectivity index (χ1n) is 5.96. The van der Waals surface area contributed by atoms with Gasteiger partial charge < -0.3 is 9.88 Å². The van der Waals surface area contributed by atoms with Crippen molar-refractivity contribution < 1.29 is 4.39 Å². The molecular weight excluding hydrogens is 333 g/mol. The molecule has 0 aliphatic heterocycles. The van der Waals surface area contributed by atoms with Crippen LogP contribution in [0.5, 0.6) is 0 Å². The molecule has 0 spiro atoms. The second-order valence-corrected chi connectivity index (χ2v) is 5.53. The van der Waals surface area contributed by atoms with Crippen LogP contribution in [0, 0.1) is 12.7 Å². The maximum absolute atomic E-state index is 13.2. The third-order valence-corrected chi connectivity index (χ3v) is 3.53. The lowest BCUT2D eigenvalue weighted by molar-refractivity contribution is 0.627. The molecule has 1 heterocycles. The Morgan fingerprint density at radius 1 is 1.47 bits per heavy atom. The van der Waals surface area contributed by atoms with Crippen LogP contribution in [0.2, 0.25) is 5.02 Å². The van der Waals surface area contributed by atoms with Crippen molar-refractivity contribution in [2.45, 2.75) is 26.8 Å². The summed E-state index contributed by atoms with van der Waals surface area (Å²) in [5.74, 6) is 0.323. The van der Waals surface area contributed by atoms with Crippen LogP contribution >= 0.6 is 27.5 Å². The number of hydrogen-bond donors (Lipinski definition) is 1. The van der Waals surface area contributed by atoms with Gasteiger partial charge in [0, 0.05) is 17.2 Å². The highest BCUT2D eigenvalue weighted by Gasteiger charge is 2.12. The van der Waals surface area contributed by atoms with Gasteiger partial charge in [0.1, 0.15) is 5.82 Å². The van der Waals surface area contributed by atoms with E-state index in [0.29, 0.717) is 21.1 Å². The highest BCUT2D eigenvalue weighted by Crippen LogP contribution is 2.33. The summed E-state index contributed by atoms with van der Waals surface area (Å²) in [6.45, 7) is 4.89. The Hall–Kier alpha value is -1.07. The SMILES string of the molecule is CCCn1cc(C)nc1Nc1c(Cl)cc(F)cc1Br. The zero-order valence-electron chi connectivity index (χ0n) is 10.7. The lowest BCUT2D eigenvalue weighted by Gasteiger charge is -2.12. The van der Waals surface area contributed by atoms with Gasteiger partial charge in [-0.1, -0.05) is 18.5 Å². The fraction of sp³-hybridized carbons (Fsp3) is 0.308. The molecule has 0 fully saturated rings. The minimum absolute atomic E-state index is 0.315. The van der Waals surface area contributed by atoms with E-state index in [1.165, 1.54) is 12.1 Å². The molecule has 19 heavy (non-hydrogen) atoms. The monoisotopic (exact) mass is 345 g/mol. The number of benzene rings is 1. The first-order chi connectivity index (χ1) is 9.01. The number of imidazole rings is 1. The molecule has 102 valence electrons.